The highest BCUT2D eigenvalue weighted by Gasteiger charge is 2.11. The molecule has 0 N–H and O–H groups in total. The second-order valence-corrected chi connectivity index (χ2v) is 4.67. The van der Waals surface area contributed by atoms with Gasteiger partial charge in [0.1, 0.15) is 5.75 Å². The Hall–Kier alpha value is -2.59. The van der Waals surface area contributed by atoms with E-state index in [2.05, 4.69) is 0 Å². The molecule has 0 saturated carbocycles. The quantitative estimate of drug-likeness (QED) is 0.628. The van der Waals surface area contributed by atoms with E-state index in [0.717, 1.165) is 22.4 Å². The van der Waals surface area contributed by atoms with Crippen LogP contribution in [0.2, 0.25) is 0 Å². The molecule has 2 aromatic rings. The van der Waals surface area contributed by atoms with Gasteiger partial charge in [-0.1, -0.05) is 42.5 Å². The first-order chi connectivity index (χ1) is 10.7. The van der Waals surface area contributed by atoms with Crippen molar-refractivity contribution in [3.63, 3.8) is 0 Å². The van der Waals surface area contributed by atoms with E-state index in [-0.39, 0.29) is 5.91 Å². The number of ether oxygens (including phenoxy) is 1. The van der Waals surface area contributed by atoms with Crippen LogP contribution in [-0.2, 0) is 9.63 Å². The minimum absolute atomic E-state index is 0.225. The van der Waals surface area contributed by atoms with Crippen molar-refractivity contribution in [2.45, 2.75) is 0 Å². The molecule has 0 aliphatic heterocycles. The van der Waals surface area contributed by atoms with Crippen LogP contribution >= 0.6 is 0 Å². The number of benzene rings is 2. The summed E-state index contributed by atoms with van der Waals surface area (Å²) in [6.45, 7) is 0. The smallest absolute Gasteiger partial charge is 0.270 e. The van der Waals surface area contributed by atoms with Crippen LogP contribution in [0.15, 0.2) is 60.7 Å². The molecule has 4 heteroatoms. The van der Waals surface area contributed by atoms with Crippen LogP contribution in [0, 0.1) is 0 Å². The second kappa shape index (κ2) is 7.43. The predicted octanol–water partition coefficient (Wildman–Crippen LogP) is 3.15. The number of hydrogen-bond acceptors (Lipinski definition) is 3. The van der Waals surface area contributed by atoms with E-state index < -0.39 is 0 Å². The number of carbonyl (C=O) groups is 1. The summed E-state index contributed by atoms with van der Waals surface area (Å²) in [7, 11) is 4.66. The van der Waals surface area contributed by atoms with Crippen molar-refractivity contribution in [1.29, 1.82) is 0 Å². The fraction of sp³-hybridized carbons (Fsp3) is 0.167. The van der Waals surface area contributed by atoms with E-state index in [4.69, 9.17) is 9.57 Å². The van der Waals surface area contributed by atoms with Crippen molar-refractivity contribution in [2.75, 3.05) is 21.3 Å². The van der Waals surface area contributed by atoms with Crippen LogP contribution < -0.4 is 4.74 Å². The van der Waals surface area contributed by atoms with Gasteiger partial charge in [-0.2, -0.15) is 0 Å². The Morgan fingerprint density at radius 3 is 2.09 bits per heavy atom. The summed E-state index contributed by atoms with van der Waals surface area (Å²) in [5, 5.41) is 1.19. The van der Waals surface area contributed by atoms with E-state index >= 15 is 0 Å². The highest BCUT2D eigenvalue weighted by Crippen LogP contribution is 2.25. The van der Waals surface area contributed by atoms with Gasteiger partial charge in [-0.25, -0.2) is 5.06 Å². The lowest BCUT2D eigenvalue weighted by atomic mass is 9.97. The van der Waals surface area contributed by atoms with Crippen molar-refractivity contribution in [1.82, 2.24) is 5.06 Å². The predicted molar refractivity (Wildman–Crippen MR) is 86.3 cm³/mol. The molecule has 2 rings (SSSR count). The average molecular weight is 297 g/mol. The highest BCUT2D eigenvalue weighted by atomic mass is 16.7. The van der Waals surface area contributed by atoms with Crippen LogP contribution in [0.25, 0.3) is 5.57 Å². The minimum Gasteiger partial charge on any atom is -0.497 e. The van der Waals surface area contributed by atoms with Gasteiger partial charge in [0.15, 0.2) is 0 Å². The summed E-state index contributed by atoms with van der Waals surface area (Å²) in [5.41, 5.74) is 2.73. The molecule has 0 atom stereocenters. The van der Waals surface area contributed by atoms with E-state index in [9.17, 15) is 4.79 Å². The molecule has 0 radical (unpaired) electrons. The lowest BCUT2D eigenvalue weighted by Crippen LogP contribution is -2.23. The number of likely N-dealkylation sites (N-methyl/N-ethyl adjacent to an activating group) is 1. The van der Waals surface area contributed by atoms with Gasteiger partial charge in [-0.3, -0.25) is 9.63 Å². The molecule has 0 fully saturated rings. The number of amides is 1. The summed E-state index contributed by atoms with van der Waals surface area (Å²) >= 11 is 0. The third-order valence-electron chi connectivity index (χ3n) is 3.34. The number of hydroxylamine groups is 2. The zero-order valence-corrected chi connectivity index (χ0v) is 12.9. The standard InChI is InChI=1S/C18H19NO3/c1-19(22-3)18(20)13-17(14-7-5-4-6-8-14)15-9-11-16(21-2)12-10-15/h4-13H,1-3H3/b17-13+. The van der Waals surface area contributed by atoms with Crippen molar-refractivity contribution in [2.24, 2.45) is 0 Å². The third kappa shape index (κ3) is 3.74. The van der Waals surface area contributed by atoms with E-state index in [0.29, 0.717) is 0 Å². The summed E-state index contributed by atoms with van der Waals surface area (Å²) in [4.78, 5) is 17.1. The fourth-order valence-corrected chi connectivity index (χ4v) is 2.03. The van der Waals surface area contributed by atoms with Crippen LogP contribution in [0.4, 0.5) is 0 Å². The molecule has 0 aliphatic carbocycles. The fourth-order valence-electron chi connectivity index (χ4n) is 2.03. The SMILES string of the molecule is COc1ccc(/C(=C/C(=O)N(C)OC)c2ccccc2)cc1. The molecule has 0 spiro atoms. The summed E-state index contributed by atoms with van der Waals surface area (Å²) in [6, 6.07) is 17.4. The summed E-state index contributed by atoms with van der Waals surface area (Å²) < 4.78 is 5.18. The molecule has 22 heavy (non-hydrogen) atoms. The maximum absolute atomic E-state index is 12.2. The molecule has 4 nitrogen and oxygen atoms in total. The lowest BCUT2D eigenvalue weighted by molar-refractivity contribution is -0.162. The number of nitrogens with zero attached hydrogens (tertiary/aromatic N) is 1. The number of carbonyl (C=O) groups excluding carboxylic acids is 1. The van der Waals surface area contributed by atoms with Crippen molar-refractivity contribution < 1.29 is 14.4 Å². The topological polar surface area (TPSA) is 38.8 Å². The Balaban J connectivity index is 2.45. The van der Waals surface area contributed by atoms with Gasteiger partial charge >= 0.3 is 0 Å². The Labute approximate surface area is 130 Å². The van der Waals surface area contributed by atoms with Gasteiger partial charge in [0.25, 0.3) is 5.91 Å². The molecule has 0 aromatic heterocycles. The average Bonchev–Trinajstić information content (AvgIpc) is 2.59. The van der Waals surface area contributed by atoms with Gasteiger partial charge in [0.2, 0.25) is 0 Å². The van der Waals surface area contributed by atoms with Crippen LogP contribution in [0.1, 0.15) is 11.1 Å². The van der Waals surface area contributed by atoms with Gasteiger partial charge in [0, 0.05) is 13.1 Å². The zero-order valence-electron chi connectivity index (χ0n) is 12.9. The molecular weight excluding hydrogens is 278 g/mol. The van der Waals surface area contributed by atoms with E-state index in [1.165, 1.54) is 12.2 Å². The normalized spacial score (nSPS) is 11.1. The molecule has 2 aromatic carbocycles. The first kappa shape index (κ1) is 15.8. The highest BCUT2D eigenvalue weighted by molar-refractivity contribution is 5.98. The maximum atomic E-state index is 12.2. The van der Waals surface area contributed by atoms with Crippen LogP contribution in [-0.4, -0.2) is 32.2 Å². The molecular formula is C18H19NO3. The first-order valence-corrected chi connectivity index (χ1v) is 6.89. The maximum Gasteiger partial charge on any atom is 0.270 e. The third-order valence-corrected chi connectivity index (χ3v) is 3.34. The minimum atomic E-state index is -0.225. The monoisotopic (exact) mass is 297 g/mol. The van der Waals surface area contributed by atoms with Gasteiger partial charge in [-0.15, -0.1) is 0 Å². The Bertz CT molecular complexity index is 648. The summed E-state index contributed by atoms with van der Waals surface area (Å²) in [6.07, 6.45) is 1.57. The second-order valence-electron chi connectivity index (χ2n) is 4.67. The molecule has 0 unspecified atom stereocenters. The van der Waals surface area contributed by atoms with Gasteiger partial charge in [-0.05, 0) is 28.8 Å². The molecule has 114 valence electrons. The van der Waals surface area contributed by atoms with E-state index in [1.54, 1.807) is 20.2 Å². The van der Waals surface area contributed by atoms with E-state index in [1.807, 2.05) is 54.6 Å². The van der Waals surface area contributed by atoms with Gasteiger partial charge in [0.05, 0.1) is 14.2 Å². The molecule has 0 bridgehead atoms. The molecule has 0 aliphatic rings. The Morgan fingerprint density at radius 2 is 1.55 bits per heavy atom. The molecule has 1 amide bonds. The number of hydrogen-bond donors (Lipinski definition) is 0. The zero-order chi connectivity index (χ0) is 15.9. The van der Waals surface area contributed by atoms with Crippen LogP contribution in [0.3, 0.4) is 0 Å². The molecule has 0 heterocycles. The van der Waals surface area contributed by atoms with Crippen LogP contribution in [0.5, 0.6) is 5.75 Å². The Kier molecular flexibility index (Phi) is 5.33. The largest absolute Gasteiger partial charge is 0.497 e. The van der Waals surface area contributed by atoms with Gasteiger partial charge < -0.3 is 4.74 Å². The van der Waals surface area contributed by atoms with Crippen molar-refractivity contribution >= 4 is 11.5 Å². The number of methoxy groups -OCH3 is 1. The summed E-state index contributed by atoms with van der Waals surface area (Å²) in [5.74, 6) is 0.550. The first-order valence-electron chi connectivity index (χ1n) is 6.89. The van der Waals surface area contributed by atoms with Crippen molar-refractivity contribution in [3.8, 4) is 5.75 Å². The number of rotatable bonds is 5. The van der Waals surface area contributed by atoms with Crippen molar-refractivity contribution in [3.05, 3.63) is 71.8 Å². The Morgan fingerprint density at radius 1 is 0.955 bits per heavy atom. The molecule has 0 saturated heterocycles. The lowest BCUT2D eigenvalue weighted by Gasteiger charge is -2.14.